The lowest BCUT2D eigenvalue weighted by atomic mass is 10.2. The molecule has 0 aliphatic heterocycles. The molecule has 0 atom stereocenters. The molecule has 2 aromatic carbocycles. The van der Waals surface area contributed by atoms with Crippen LogP contribution in [0.4, 0.5) is 11.5 Å². The second-order valence-electron chi connectivity index (χ2n) is 5.56. The van der Waals surface area contributed by atoms with Crippen LogP contribution >= 0.6 is 11.6 Å². The minimum Gasteiger partial charge on any atom is -0.338 e. The maximum atomic E-state index is 12.3. The van der Waals surface area contributed by atoms with Gasteiger partial charge in [0.1, 0.15) is 5.39 Å². The fourth-order valence-corrected chi connectivity index (χ4v) is 2.86. The molecule has 4 aromatic rings. The summed E-state index contributed by atoms with van der Waals surface area (Å²) in [5.74, 6) is 0.447. The number of nitrogens with zero attached hydrogens (tertiary/aromatic N) is 3. The van der Waals surface area contributed by atoms with Crippen LogP contribution < -0.4 is 10.9 Å². The number of hydrogen-bond acceptors (Lipinski definition) is 4. The molecule has 4 rings (SSSR count). The Morgan fingerprint density at radius 2 is 1.96 bits per heavy atom. The highest BCUT2D eigenvalue weighted by molar-refractivity contribution is 6.30. The van der Waals surface area contributed by atoms with Crippen LogP contribution in [0, 0.1) is 0 Å². The minimum absolute atomic E-state index is 0.242. The van der Waals surface area contributed by atoms with E-state index >= 15 is 0 Å². The number of nitrogens with one attached hydrogen (secondary N) is 2. The summed E-state index contributed by atoms with van der Waals surface area (Å²) < 4.78 is 1.72. The highest BCUT2D eigenvalue weighted by Gasteiger charge is 2.15. The molecule has 0 aliphatic rings. The van der Waals surface area contributed by atoms with E-state index in [0.29, 0.717) is 28.4 Å². The van der Waals surface area contributed by atoms with Crippen molar-refractivity contribution in [2.75, 3.05) is 5.32 Å². The molecule has 2 heterocycles. The van der Waals surface area contributed by atoms with Crippen molar-refractivity contribution in [1.82, 2.24) is 19.7 Å². The van der Waals surface area contributed by atoms with Gasteiger partial charge < -0.3 is 10.3 Å². The van der Waals surface area contributed by atoms with Gasteiger partial charge in [-0.15, -0.1) is 0 Å². The van der Waals surface area contributed by atoms with Crippen LogP contribution in [-0.4, -0.2) is 19.7 Å². The highest BCUT2D eigenvalue weighted by Crippen LogP contribution is 2.24. The van der Waals surface area contributed by atoms with E-state index < -0.39 is 0 Å². The first-order valence-electron chi connectivity index (χ1n) is 7.71. The lowest BCUT2D eigenvalue weighted by Crippen LogP contribution is -2.08. The number of hydrogen-bond donors (Lipinski definition) is 2. The summed E-state index contributed by atoms with van der Waals surface area (Å²) in [6.07, 6.45) is 1.39. The van der Waals surface area contributed by atoms with E-state index in [9.17, 15) is 4.79 Å². The Balaban J connectivity index is 1.80. The predicted molar refractivity (Wildman–Crippen MR) is 98.4 cm³/mol. The lowest BCUT2D eigenvalue weighted by Gasteiger charge is -2.04. The van der Waals surface area contributed by atoms with E-state index in [1.807, 2.05) is 42.5 Å². The average molecular weight is 352 g/mol. The molecule has 7 heteroatoms. The molecule has 0 saturated heterocycles. The van der Waals surface area contributed by atoms with Gasteiger partial charge >= 0.3 is 0 Å². The molecule has 2 aromatic heterocycles. The number of rotatable bonds is 4. The topological polar surface area (TPSA) is 75.6 Å². The van der Waals surface area contributed by atoms with Gasteiger partial charge in [-0.25, -0.2) is 9.67 Å². The number of fused-ring (bicyclic) bond motifs is 1. The van der Waals surface area contributed by atoms with E-state index in [1.54, 1.807) is 16.8 Å². The minimum atomic E-state index is -0.242. The van der Waals surface area contributed by atoms with Crippen LogP contribution in [0.15, 0.2) is 65.7 Å². The van der Waals surface area contributed by atoms with E-state index in [2.05, 4.69) is 20.4 Å². The standard InChI is InChI=1S/C18H14ClN5O/c19-13-7-4-8-14(9-13)22-16-15-17(20-11-21-18(15)25)24(23-16)10-12-5-2-1-3-6-12/h1-9,11H,10H2,(H,22,23)(H,20,21,25). The molecule has 0 spiro atoms. The number of aromatic amines is 1. The van der Waals surface area contributed by atoms with Gasteiger partial charge in [0.2, 0.25) is 0 Å². The summed E-state index contributed by atoms with van der Waals surface area (Å²) >= 11 is 6.03. The molecule has 0 aliphatic carbocycles. The van der Waals surface area contributed by atoms with Crippen molar-refractivity contribution < 1.29 is 0 Å². The summed E-state index contributed by atoms with van der Waals surface area (Å²) in [5.41, 5.74) is 2.11. The van der Waals surface area contributed by atoms with Crippen LogP contribution in [0.1, 0.15) is 5.56 Å². The highest BCUT2D eigenvalue weighted by atomic mass is 35.5. The summed E-state index contributed by atoms with van der Waals surface area (Å²) in [6, 6.07) is 17.1. The van der Waals surface area contributed by atoms with Gasteiger partial charge in [0.15, 0.2) is 11.5 Å². The summed E-state index contributed by atoms with van der Waals surface area (Å²) in [5, 5.41) is 8.73. The van der Waals surface area contributed by atoms with E-state index in [1.165, 1.54) is 6.33 Å². The third-order valence-corrected chi connectivity index (χ3v) is 4.03. The number of H-pyrrole nitrogens is 1. The normalized spacial score (nSPS) is 10.9. The van der Waals surface area contributed by atoms with Crippen LogP contribution in [0.25, 0.3) is 11.0 Å². The molecule has 0 saturated carbocycles. The zero-order chi connectivity index (χ0) is 17.2. The van der Waals surface area contributed by atoms with E-state index in [-0.39, 0.29) is 5.56 Å². The van der Waals surface area contributed by atoms with Crippen molar-refractivity contribution in [3.63, 3.8) is 0 Å². The van der Waals surface area contributed by atoms with Crippen LogP contribution in [-0.2, 0) is 6.54 Å². The van der Waals surface area contributed by atoms with Crippen molar-refractivity contribution in [3.05, 3.63) is 81.9 Å². The molecule has 6 nitrogen and oxygen atoms in total. The first-order valence-corrected chi connectivity index (χ1v) is 8.09. The van der Waals surface area contributed by atoms with Gasteiger partial charge in [0.05, 0.1) is 12.9 Å². The first kappa shape index (κ1) is 15.4. The van der Waals surface area contributed by atoms with Gasteiger partial charge in [0, 0.05) is 10.7 Å². The molecule has 0 radical (unpaired) electrons. The Hall–Kier alpha value is -3.12. The number of aromatic nitrogens is 4. The van der Waals surface area contributed by atoms with Crippen molar-refractivity contribution >= 4 is 34.1 Å². The number of anilines is 2. The number of halogens is 1. The monoisotopic (exact) mass is 351 g/mol. The Labute approximate surface area is 148 Å². The molecule has 25 heavy (non-hydrogen) atoms. The zero-order valence-electron chi connectivity index (χ0n) is 13.1. The van der Waals surface area contributed by atoms with Gasteiger partial charge in [-0.05, 0) is 23.8 Å². The van der Waals surface area contributed by atoms with Crippen LogP contribution in [0.3, 0.4) is 0 Å². The number of benzene rings is 2. The van der Waals surface area contributed by atoms with Gasteiger partial charge in [-0.1, -0.05) is 48.0 Å². The Kier molecular flexibility index (Phi) is 3.95. The Morgan fingerprint density at radius 1 is 1.12 bits per heavy atom. The third kappa shape index (κ3) is 3.12. The SMILES string of the molecule is O=c1[nH]cnc2c1c(Nc1cccc(Cl)c1)nn2Cc1ccccc1. The molecule has 0 amide bonds. The molecule has 0 bridgehead atoms. The van der Waals surface area contributed by atoms with E-state index in [0.717, 1.165) is 11.3 Å². The molecule has 124 valence electrons. The van der Waals surface area contributed by atoms with Crippen LogP contribution in [0.5, 0.6) is 0 Å². The summed E-state index contributed by atoms with van der Waals surface area (Å²) in [4.78, 5) is 19.2. The largest absolute Gasteiger partial charge is 0.338 e. The quantitative estimate of drug-likeness (QED) is 0.589. The summed E-state index contributed by atoms with van der Waals surface area (Å²) in [7, 11) is 0. The fourth-order valence-electron chi connectivity index (χ4n) is 2.67. The fraction of sp³-hybridized carbons (Fsp3) is 0.0556. The third-order valence-electron chi connectivity index (χ3n) is 3.80. The maximum Gasteiger partial charge on any atom is 0.264 e. The molecule has 0 unspecified atom stereocenters. The molecular formula is C18H14ClN5O. The van der Waals surface area contributed by atoms with Crippen molar-refractivity contribution in [2.45, 2.75) is 6.54 Å². The average Bonchev–Trinajstić information content (AvgIpc) is 2.95. The van der Waals surface area contributed by atoms with Crippen molar-refractivity contribution in [1.29, 1.82) is 0 Å². The van der Waals surface area contributed by atoms with Gasteiger partial charge in [0.25, 0.3) is 5.56 Å². The zero-order valence-corrected chi connectivity index (χ0v) is 13.9. The van der Waals surface area contributed by atoms with Crippen molar-refractivity contribution in [2.24, 2.45) is 0 Å². The van der Waals surface area contributed by atoms with E-state index in [4.69, 9.17) is 11.6 Å². The maximum absolute atomic E-state index is 12.3. The second-order valence-corrected chi connectivity index (χ2v) is 5.99. The van der Waals surface area contributed by atoms with Crippen LogP contribution in [0.2, 0.25) is 5.02 Å². The Morgan fingerprint density at radius 3 is 2.76 bits per heavy atom. The first-order chi connectivity index (χ1) is 12.2. The van der Waals surface area contributed by atoms with Crippen molar-refractivity contribution in [3.8, 4) is 0 Å². The molecular weight excluding hydrogens is 338 g/mol. The smallest absolute Gasteiger partial charge is 0.264 e. The lowest BCUT2D eigenvalue weighted by molar-refractivity contribution is 0.706. The van der Waals surface area contributed by atoms with Gasteiger partial charge in [-0.3, -0.25) is 4.79 Å². The Bertz CT molecular complexity index is 1090. The molecule has 0 fully saturated rings. The van der Waals surface area contributed by atoms with Gasteiger partial charge in [-0.2, -0.15) is 5.10 Å². The summed E-state index contributed by atoms with van der Waals surface area (Å²) in [6.45, 7) is 0.519. The predicted octanol–water partition coefficient (Wildman–Crippen LogP) is 3.56. The molecule has 2 N–H and O–H groups in total. The second kappa shape index (κ2) is 6.41.